The summed E-state index contributed by atoms with van der Waals surface area (Å²) in [5, 5.41) is 4.34. The van der Waals surface area contributed by atoms with Crippen LogP contribution in [0.5, 0.6) is 0 Å². The maximum absolute atomic E-state index is 13.7. The number of carbonyl (C=O) groups excluding carboxylic acids is 2. The Bertz CT molecular complexity index is 953. The Labute approximate surface area is 201 Å². The molecule has 4 nitrogen and oxygen atoms in total. The number of anilines is 1. The molecule has 0 fully saturated rings. The zero-order valence-corrected chi connectivity index (χ0v) is 21.5. The summed E-state index contributed by atoms with van der Waals surface area (Å²) >= 11 is 7.56. The largest absolute Gasteiger partial charge is 0.339 e. The van der Waals surface area contributed by atoms with Crippen LogP contribution in [0.1, 0.15) is 85.0 Å². The summed E-state index contributed by atoms with van der Waals surface area (Å²) in [6.07, 6.45) is 4.74. The van der Waals surface area contributed by atoms with Crippen molar-refractivity contribution in [3.63, 3.8) is 0 Å². The van der Waals surface area contributed by atoms with Crippen molar-refractivity contribution in [2.24, 2.45) is 11.3 Å². The van der Waals surface area contributed by atoms with E-state index < -0.39 is 0 Å². The number of hydrogen-bond donors (Lipinski definition) is 1. The highest BCUT2D eigenvalue weighted by Crippen LogP contribution is 2.44. The third kappa shape index (κ3) is 5.55. The molecule has 2 aromatic rings. The summed E-state index contributed by atoms with van der Waals surface area (Å²) in [7, 11) is 0. The molecule has 0 aliphatic heterocycles. The first-order valence-corrected chi connectivity index (χ1v) is 12.9. The van der Waals surface area contributed by atoms with Crippen molar-refractivity contribution >= 4 is 39.8 Å². The quantitative estimate of drug-likeness (QED) is 0.466. The first kappa shape index (κ1) is 24.8. The second-order valence-corrected chi connectivity index (χ2v) is 11.3. The summed E-state index contributed by atoms with van der Waals surface area (Å²) < 4.78 is 0. The number of benzene rings is 1. The predicted molar refractivity (Wildman–Crippen MR) is 135 cm³/mol. The molecule has 0 radical (unpaired) electrons. The van der Waals surface area contributed by atoms with Gasteiger partial charge in [0.25, 0.3) is 11.8 Å². The van der Waals surface area contributed by atoms with Crippen LogP contribution in [0.3, 0.4) is 0 Å². The Hall–Kier alpha value is -1.85. The molecular weight excluding hydrogens is 440 g/mol. The van der Waals surface area contributed by atoms with Gasteiger partial charge in [0.2, 0.25) is 0 Å². The number of rotatable bonds is 7. The van der Waals surface area contributed by atoms with Gasteiger partial charge in [-0.2, -0.15) is 0 Å². The van der Waals surface area contributed by atoms with E-state index >= 15 is 0 Å². The van der Waals surface area contributed by atoms with Crippen molar-refractivity contribution in [2.75, 3.05) is 18.4 Å². The Morgan fingerprint density at radius 2 is 1.75 bits per heavy atom. The number of amides is 2. The first-order valence-electron chi connectivity index (χ1n) is 11.7. The van der Waals surface area contributed by atoms with Gasteiger partial charge in [0.05, 0.1) is 5.56 Å². The van der Waals surface area contributed by atoms with Crippen molar-refractivity contribution < 1.29 is 9.59 Å². The molecule has 1 unspecified atom stereocenters. The van der Waals surface area contributed by atoms with Crippen LogP contribution in [-0.4, -0.2) is 29.8 Å². The van der Waals surface area contributed by atoms with Crippen molar-refractivity contribution in [2.45, 2.75) is 66.7 Å². The molecule has 0 bridgehead atoms. The van der Waals surface area contributed by atoms with Gasteiger partial charge in [-0.25, -0.2) is 0 Å². The fourth-order valence-electron chi connectivity index (χ4n) is 4.43. The van der Waals surface area contributed by atoms with Gasteiger partial charge in [-0.1, -0.05) is 46.2 Å². The topological polar surface area (TPSA) is 49.4 Å². The van der Waals surface area contributed by atoms with Gasteiger partial charge in [0.1, 0.15) is 5.00 Å². The number of fused-ring (bicyclic) bond motifs is 1. The number of nitrogens with one attached hydrogen (secondary N) is 1. The Kier molecular flexibility index (Phi) is 8.05. The van der Waals surface area contributed by atoms with Crippen molar-refractivity contribution in [1.29, 1.82) is 0 Å². The minimum absolute atomic E-state index is 0.0480. The van der Waals surface area contributed by atoms with Crippen LogP contribution < -0.4 is 5.32 Å². The average molecular weight is 475 g/mol. The van der Waals surface area contributed by atoms with E-state index in [2.05, 4.69) is 39.9 Å². The number of thiophene rings is 1. The van der Waals surface area contributed by atoms with Crippen molar-refractivity contribution in [1.82, 2.24) is 4.90 Å². The van der Waals surface area contributed by atoms with E-state index in [0.717, 1.165) is 50.8 Å². The molecule has 1 aliphatic rings. The van der Waals surface area contributed by atoms with E-state index in [9.17, 15) is 9.59 Å². The zero-order valence-electron chi connectivity index (χ0n) is 19.9. The highest BCUT2D eigenvalue weighted by Gasteiger charge is 2.35. The Balaban J connectivity index is 1.99. The summed E-state index contributed by atoms with van der Waals surface area (Å²) in [5.41, 5.74) is 2.60. The van der Waals surface area contributed by atoms with E-state index in [1.54, 1.807) is 35.6 Å². The normalized spacial score (nSPS) is 15.9. The zero-order chi connectivity index (χ0) is 23.5. The van der Waals surface area contributed by atoms with Gasteiger partial charge >= 0.3 is 0 Å². The minimum Gasteiger partial charge on any atom is -0.339 e. The van der Waals surface area contributed by atoms with Crippen LogP contribution >= 0.6 is 22.9 Å². The SMILES string of the molecule is CCCN(CCC)C(=O)c1c(NC(=O)c2ccc(Cl)cc2)sc2c1CCC(C(C)(C)C)C2. The van der Waals surface area contributed by atoms with Crippen LogP contribution in [-0.2, 0) is 12.8 Å². The van der Waals surface area contributed by atoms with E-state index in [1.165, 1.54) is 4.88 Å². The molecule has 1 aliphatic carbocycles. The summed E-state index contributed by atoms with van der Waals surface area (Å²) in [6, 6.07) is 6.84. The molecule has 1 aromatic carbocycles. The molecule has 1 N–H and O–H groups in total. The van der Waals surface area contributed by atoms with Crippen molar-refractivity contribution in [3.8, 4) is 0 Å². The number of nitrogens with zero attached hydrogens (tertiary/aromatic N) is 1. The lowest BCUT2D eigenvalue weighted by molar-refractivity contribution is 0.0755. The van der Waals surface area contributed by atoms with Gasteiger partial charge in [-0.3, -0.25) is 9.59 Å². The molecule has 1 atom stereocenters. The van der Waals surface area contributed by atoms with E-state index in [-0.39, 0.29) is 17.2 Å². The predicted octanol–water partition coefficient (Wildman–Crippen LogP) is 7.07. The second kappa shape index (κ2) is 10.4. The Morgan fingerprint density at radius 1 is 1.12 bits per heavy atom. The lowest BCUT2D eigenvalue weighted by Gasteiger charge is -2.34. The number of carbonyl (C=O) groups is 2. The third-order valence-corrected chi connectivity index (χ3v) is 7.73. The van der Waals surface area contributed by atoms with Crippen LogP contribution in [0.25, 0.3) is 0 Å². The first-order chi connectivity index (χ1) is 15.2. The molecule has 32 heavy (non-hydrogen) atoms. The molecule has 0 spiro atoms. The van der Waals surface area contributed by atoms with Gasteiger partial charge in [0.15, 0.2) is 0 Å². The molecule has 6 heteroatoms. The highest BCUT2D eigenvalue weighted by atomic mass is 35.5. The van der Waals surface area contributed by atoms with Gasteiger partial charge in [-0.05, 0) is 73.3 Å². The van der Waals surface area contributed by atoms with Gasteiger partial charge in [-0.15, -0.1) is 11.3 Å². The van der Waals surface area contributed by atoms with Crippen LogP contribution in [0.2, 0.25) is 5.02 Å². The van der Waals surface area contributed by atoms with Crippen LogP contribution in [0, 0.1) is 11.3 Å². The lowest BCUT2D eigenvalue weighted by atomic mass is 9.72. The fraction of sp³-hybridized carbons (Fsp3) is 0.538. The highest BCUT2D eigenvalue weighted by molar-refractivity contribution is 7.17. The monoisotopic (exact) mass is 474 g/mol. The fourth-order valence-corrected chi connectivity index (χ4v) is 5.87. The molecule has 2 amide bonds. The minimum atomic E-state index is -0.209. The molecule has 1 heterocycles. The molecule has 0 saturated heterocycles. The maximum atomic E-state index is 13.7. The molecular formula is C26H35ClN2O2S. The third-order valence-electron chi connectivity index (χ3n) is 6.31. The van der Waals surface area contributed by atoms with Gasteiger partial charge in [0, 0.05) is 28.6 Å². The molecule has 1 aromatic heterocycles. The van der Waals surface area contributed by atoms with Crippen LogP contribution in [0.15, 0.2) is 24.3 Å². The molecule has 174 valence electrons. The smallest absolute Gasteiger partial charge is 0.257 e. The average Bonchev–Trinajstić information content (AvgIpc) is 3.09. The summed E-state index contributed by atoms with van der Waals surface area (Å²) in [4.78, 5) is 29.9. The number of hydrogen-bond acceptors (Lipinski definition) is 3. The second-order valence-electron chi connectivity index (χ2n) is 9.77. The van der Waals surface area contributed by atoms with Crippen LogP contribution in [0.4, 0.5) is 5.00 Å². The van der Waals surface area contributed by atoms with E-state index in [4.69, 9.17) is 11.6 Å². The summed E-state index contributed by atoms with van der Waals surface area (Å²) in [6.45, 7) is 12.5. The van der Waals surface area contributed by atoms with E-state index in [0.29, 0.717) is 27.1 Å². The standard InChI is InChI=1S/C26H35ClN2O2S/c1-6-14-29(15-7-2)25(31)22-20-13-10-18(26(3,4)5)16-21(20)32-24(22)28-23(30)17-8-11-19(27)12-9-17/h8-9,11-12,18H,6-7,10,13-16H2,1-5H3,(H,28,30). The number of halogens is 1. The van der Waals surface area contributed by atoms with E-state index in [1.807, 2.05) is 4.90 Å². The van der Waals surface area contributed by atoms with Gasteiger partial charge < -0.3 is 10.2 Å². The lowest BCUT2D eigenvalue weighted by Crippen LogP contribution is -2.34. The Morgan fingerprint density at radius 3 is 2.31 bits per heavy atom. The maximum Gasteiger partial charge on any atom is 0.257 e. The summed E-state index contributed by atoms with van der Waals surface area (Å²) in [5.74, 6) is 0.407. The molecule has 0 saturated carbocycles. The molecule has 3 rings (SSSR count). The van der Waals surface area contributed by atoms with Crippen molar-refractivity contribution in [3.05, 3.63) is 50.9 Å².